The summed E-state index contributed by atoms with van der Waals surface area (Å²) in [4.78, 5) is 0. The third kappa shape index (κ3) is 1.89. The normalized spacial score (nSPS) is 11.9. The van der Waals surface area contributed by atoms with E-state index in [1.165, 1.54) is 32.3 Å². The predicted octanol–water partition coefficient (Wildman–Crippen LogP) is 7.16. The summed E-state index contributed by atoms with van der Waals surface area (Å²) in [5, 5.41) is 22.5. The molecule has 0 amide bonds. The summed E-state index contributed by atoms with van der Waals surface area (Å²) in [6.45, 7) is 0. The van der Waals surface area contributed by atoms with Crippen molar-refractivity contribution in [2.45, 2.75) is 0 Å². The largest absolute Gasteiger partial charge is 0.507 e. The Labute approximate surface area is 156 Å². The lowest BCUT2D eigenvalue weighted by Gasteiger charge is -2.15. The van der Waals surface area contributed by atoms with Crippen molar-refractivity contribution in [3.8, 4) is 5.75 Å². The first-order chi connectivity index (χ1) is 13.3. The van der Waals surface area contributed by atoms with E-state index in [9.17, 15) is 5.11 Å². The molecule has 0 aliphatic carbocycles. The number of aromatic hydroxyl groups is 1. The molecule has 0 atom stereocenters. The van der Waals surface area contributed by atoms with E-state index in [2.05, 4.69) is 78.9 Å². The van der Waals surface area contributed by atoms with Gasteiger partial charge in [0, 0.05) is 10.8 Å². The van der Waals surface area contributed by atoms with Crippen LogP contribution in [0.3, 0.4) is 0 Å². The van der Waals surface area contributed by atoms with Crippen LogP contribution in [0.5, 0.6) is 5.75 Å². The van der Waals surface area contributed by atoms with E-state index in [1.807, 2.05) is 12.1 Å². The van der Waals surface area contributed by atoms with Crippen LogP contribution in [0.4, 0.5) is 0 Å². The minimum atomic E-state index is 0.342. The Balaban J connectivity index is 2.02. The molecule has 0 radical (unpaired) electrons. The van der Waals surface area contributed by atoms with Crippen molar-refractivity contribution in [1.82, 2.24) is 0 Å². The van der Waals surface area contributed by atoms with E-state index in [0.717, 1.165) is 21.5 Å². The molecule has 0 bridgehead atoms. The lowest BCUT2D eigenvalue weighted by molar-refractivity contribution is 0.483. The second-order valence-electron chi connectivity index (χ2n) is 7.12. The zero-order valence-corrected chi connectivity index (χ0v) is 14.6. The topological polar surface area (TPSA) is 20.2 Å². The molecule has 0 heterocycles. The molecule has 1 nitrogen and oxygen atoms in total. The van der Waals surface area contributed by atoms with Crippen LogP contribution in [0.25, 0.3) is 53.9 Å². The van der Waals surface area contributed by atoms with E-state index in [4.69, 9.17) is 0 Å². The zero-order chi connectivity index (χ0) is 18.0. The summed E-state index contributed by atoms with van der Waals surface area (Å²) in [6, 6.07) is 31.5. The molecule has 27 heavy (non-hydrogen) atoms. The zero-order valence-electron chi connectivity index (χ0n) is 14.6. The number of hydrogen-bond acceptors (Lipinski definition) is 1. The van der Waals surface area contributed by atoms with Gasteiger partial charge in [-0.05, 0) is 49.2 Å². The van der Waals surface area contributed by atoms with Crippen molar-refractivity contribution in [2.24, 2.45) is 0 Å². The standard InChI is InChI=1S/C26H16O/c27-24-15-16-7-1-2-8-17(16)22-13-14-23-20-11-4-3-9-18(20)19-10-5-6-12-21(19)25(23)26(22)24/h1-15,27H. The van der Waals surface area contributed by atoms with Gasteiger partial charge in [-0.15, -0.1) is 0 Å². The van der Waals surface area contributed by atoms with Gasteiger partial charge < -0.3 is 5.11 Å². The van der Waals surface area contributed by atoms with Crippen molar-refractivity contribution in [2.75, 3.05) is 0 Å². The van der Waals surface area contributed by atoms with Crippen LogP contribution >= 0.6 is 0 Å². The number of phenols is 1. The maximum Gasteiger partial charge on any atom is 0.124 e. The monoisotopic (exact) mass is 344 g/mol. The van der Waals surface area contributed by atoms with Crippen LogP contribution in [0.1, 0.15) is 0 Å². The van der Waals surface area contributed by atoms with Gasteiger partial charge >= 0.3 is 0 Å². The van der Waals surface area contributed by atoms with E-state index < -0.39 is 0 Å². The number of benzene rings is 6. The quantitative estimate of drug-likeness (QED) is 0.290. The third-order valence-electron chi connectivity index (χ3n) is 5.71. The van der Waals surface area contributed by atoms with Gasteiger partial charge in [0.2, 0.25) is 0 Å². The van der Waals surface area contributed by atoms with E-state index in [-0.39, 0.29) is 0 Å². The predicted molar refractivity (Wildman–Crippen MR) is 116 cm³/mol. The van der Waals surface area contributed by atoms with Crippen molar-refractivity contribution in [3.05, 3.63) is 91.0 Å². The number of phenolic OH excluding ortho intramolecular Hbond substituents is 1. The molecule has 6 rings (SSSR count). The summed E-state index contributed by atoms with van der Waals surface area (Å²) in [5.74, 6) is 0.342. The maximum absolute atomic E-state index is 11.0. The average Bonchev–Trinajstić information content (AvgIpc) is 2.73. The molecule has 0 aromatic heterocycles. The number of fused-ring (bicyclic) bond motifs is 10. The molecule has 126 valence electrons. The smallest absolute Gasteiger partial charge is 0.124 e. The molecule has 0 aliphatic heterocycles. The molecule has 0 saturated heterocycles. The molecule has 6 aromatic rings. The molecule has 0 aliphatic rings. The van der Waals surface area contributed by atoms with Gasteiger partial charge in [-0.25, -0.2) is 0 Å². The van der Waals surface area contributed by atoms with Gasteiger partial charge in [-0.2, -0.15) is 0 Å². The van der Waals surface area contributed by atoms with Crippen molar-refractivity contribution in [1.29, 1.82) is 0 Å². The molecule has 0 spiro atoms. The highest BCUT2D eigenvalue weighted by Gasteiger charge is 2.14. The van der Waals surface area contributed by atoms with Crippen molar-refractivity contribution in [3.63, 3.8) is 0 Å². The first kappa shape index (κ1) is 14.6. The summed E-state index contributed by atoms with van der Waals surface area (Å²) >= 11 is 0. The Hall–Kier alpha value is -3.58. The average molecular weight is 344 g/mol. The summed E-state index contributed by atoms with van der Waals surface area (Å²) in [6.07, 6.45) is 0. The number of hydrogen-bond donors (Lipinski definition) is 1. The molecule has 0 saturated carbocycles. The Morgan fingerprint density at radius 1 is 0.407 bits per heavy atom. The van der Waals surface area contributed by atoms with Crippen LogP contribution in [0.15, 0.2) is 91.0 Å². The van der Waals surface area contributed by atoms with Crippen LogP contribution in [0.2, 0.25) is 0 Å². The van der Waals surface area contributed by atoms with Crippen LogP contribution in [-0.4, -0.2) is 5.11 Å². The second-order valence-corrected chi connectivity index (χ2v) is 7.12. The lowest BCUT2D eigenvalue weighted by Crippen LogP contribution is -1.86. The van der Waals surface area contributed by atoms with Crippen LogP contribution in [-0.2, 0) is 0 Å². The summed E-state index contributed by atoms with van der Waals surface area (Å²) < 4.78 is 0. The van der Waals surface area contributed by atoms with Gasteiger partial charge in [-0.1, -0.05) is 84.9 Å². The second kappa shape index (κ2) is 5.21. The van der Waals surface area contributed by atoms with Crippen LogP contribution in [0, 0.1) is 0 Å². The first-order valence-electron chi connectivity index (χ1n) is 9.19. The fraction of sp³-hybridized carbons (Fsp3) is 0. The highest BCUT2D eigenvalue weighted by Crippen LogP contribution is 2.43. The first-order valence-corrected chi connectivity index (χ1v) is 9.19. The Morgan fingerprint density at radius 3 is 1.52 bits per heavy atom. The Bertz CT molecular complexity index is 1490. The molecule has 1 N–H and O–H groups in total. The molecule has 0 unspecified atom stereocenters. The lowest BCUT2D eigenvalue weighted by atomic mass is 9.89. The van der Waals surface area contributed by atoms with Gasteiger partial charge in [0.15, 0.2) is 0 Å². The molecule has 0 fully saturated rings. The van der Waals surface area contributed by atoms with Crippen molar-refractivity contribution >= 4 is 53.9 Å². The molecule has 6 aromatic carbocycles. The third-order valence-corrected chi connectivity index (χ3v) is 5.71. The minimum Gasteiger partial charge on any atom is -0.507 e. The summed E-state index contributed by atoms with van der Waals surface area (Å²) in [7, 11) is 0. The van der Waals surface area contributed by atoms with Gasteiger partial charge in [0.1, 0.15) is 5.75 Å². The Kier molecular flexibility index (Phi) is 2.81. The highest BCUT2D eigenvalue weighted by atomic mass is 16.3. The van der Waals surface area contributed by atoms with Gasteiger partial charge in [0.25, 0.3) is 0 Å². The molecular formula is C26H16O. The SMILES string of the molecule is Oc1cc2ccccc2c2ccc3c4ccccc4c4ccccc4c3c12. The van der Waals surface area contributed by atoms with E-state index >= 15 is 0 Å². The fourth-order valence-corrected chi connectivity index (χ4v) is 4.57. The van der Waals surface area contributed by atoms with E-state index in [0.29, 0.717) is 5.75 Å². The highest BCUT2D eigenvalue weighted by molar-refractivity contribution is 6.34. The van der Waals surface area contributed by atoms with Gasteiger partial charge in [0.05, 0.1) is 0 Å². The summed E-state index contributed by atoms with van der Waals surface area (Å²) in [5.41, 5.74) is 0. The van der Waals surface area contributed by atoms with Crippen LogP contribution < -0.4 is 0 Å². The fourth-order valence-electron chi connectivity index (χ4n) is 4.57. The number of rotatable bonds is 0. The minimum absolute atomic E-state index is 0.342. The molecule has 1 heteroatoms. The van der Waals surface area contributed by atoms with Crippen molar-refractivity contribution < 1.29 is 5.11 Å². The Morgan fingerprint density at radius 2 is 0.852 bits per heavy atom. The molecular weight excluding hydrogens is 328 g/mol. The van der Waals surface area contributed by atoms with Gasteiger partial charge in [-0.3, -0.25) is 0 Å². The maximum atomic E-state index is 11.0. The van der Waals surface area contributed by atoms with E-state index in [1.54, 1.807) is 0 Å².